The molecule has 1 saturated heterocycles. The molecule has 2 amide bonds. The van der Waals surface area contributed by atoms with Gasteiger partial charge in [0, 0.05) is 18.8 Å². The van der Waals surface area contributed by atoms with Crippen LogP contribution in [0.25, 0.3) is 0 Å². The van der Waals surface area contributed by atoms with Crippen LogP contribution in [0.2, 0.25) is 5.02 Å². The third kappa shape index (κ3) is 2.37. The highest BCUT2D eigenvalue weighted by Gasteiger charge is 2.37. The number of halogens is 1. The molecule has 4 rings (SSSR count). The summed E-state index contributed by atoms with van der Waals surface area (Å²) in [6, 6.07) is 12.2. The number of hydrogen-bond donors (Lipinski definition) is 0. The van der Waals surface area contributed by atoms with E-state index in [0.29, 0.717) is 35.1 Å². The minimum absolute atomic E-state index is 0.336. The Morgan fingerprint density at radius 1 is 0.917 bits per heavy atom. The van der Waals surface area contributed by atoms with Gasteiger partial charge in [0.15, 0.2) is 0 Å². The lowest BCUT2D eigenvalue weighted by Crippen LogP contribution is -2.36. The fourth-order valence-electron chi connectivity index (χ4n) is 3.10. The zero-order chi connectivity index (χ0) is 16.7. The molecule has 0 saturated carbocycles. The molecule has 122 valence electrons. The van der Waals surface area contributed by atoms with Crippen molar-refractivity contribution in [3.8, 4) is 0 Å². The molecule has 2 aromatic carbocycles. The minimum atomic E-state index is -0.336. The number of anilines is 2. The largest absolute Gasteiger partial charge is 0.378 e. The van der Waals surface area contributed by atoms with Gasteiger partial charge in [-0.25, -0.2) is 4.90 Å². The highest BCUT2D eigenvalue weighted by Crippen LogP contribution is 2.36. The van der Waals surface area contributed by atoms with E-state index in [-0.39, 0.29) is 11.8 Å². The lowest BCUT2D eigenvalue weighted by Gasteiger charge is -2.29. The Morgan fingerprint density at radius 2 is 1.54 bits per heavy atom. The lowest BCUT2D eigenvalue weighted by atomic mass is 10.1. The molecule has 0 spiro atoms. The molecule has 2 heterocycles. The summed E-state index contributed by atoms with van der Waals surface area (Å²) >= 11 is 6.30. The fourth-order valence-corrected chi connectivity index (χ4v) is 3.30. The second-order valence-electron chi connectivity index (χ2n) is 5.73. The van der Waals surface area contributed by atoms with Crippen LogP contribution in [-0.2, 0) is 4.74 Å². The Kier molecular flexibility index (Phi) is 3.75. The Labute approximate surface area is 144 Å². The van der Waals surface area contributed by atoms with Gasteiger partial charge in [-0.15, -0.1) is 0 Å². The molecule has 0 atom stereocenters. The topological polar surface area (TPSA) is 49.9 Å². The van der Waals surface area contributed by atoms with Crippen molar-refractivity contribution >= 4 is 34.8 Å². The number of amides is 2. The second kappa shape index (κ2) is 5.92. The van der Waals surface area contributed by atoms with Crippen molar-refractivity contribution in [2.24, 2.45) is 0 Å². The molecule has 2 aliphatic rings. The van der Waals surface area contributed by atoms with Gasteiger partial charge in [0.05, 0.1) is 35.1 Å². The van der Waals surface area contributed by atoms with E-state index in [1.54, 1.807) is 36.4 Å². The summed E-state index contributed by atoms with van der Waals surface area (Å²) in [5.41, 5.74) is 2.17. The van der Waals surface area contributed by atoms with Crippen LogP contribution < -0.4 is 9.80 Å². The maximum Gasteiger partial charge on any atom is 0.266 e. The SMILES string of the molecule is O=C1c2ccccc2C(=O)N1c1cc(N2CCOCC2)ccc1Cl. The van der Waals surface area contributed by atoms with E-state index in [0.717, 1.165) is 23.7 Å². The van der Waals surface area contributed by atoms with E-state index in [9.17, 15) is 9.59 Å². The van der Waals surface area contributed by atoms with Crippen molar-refractivity contribution in [2.75, 3.05) is 36.1 Å². The first-order chi connectivity index (χ1) is 11.7. The van der Waals surface area contributed by atoms with Crippen LogP contribution in [0.15, 0.2) is 42.5 Å². The average molecular weight is 343 g/mol. The van der Waals surface area contributed by atoms with Gasteiger partial charge in [-0.3, -0.25) is 9.59 Å². The van der Waals surface area contributed by atoms with Crippen molar-refractivity contribution in [3.63, 3.8) is 0 Å². The quantitative estimate of drug-likeness (QED) is 0.787. The van der Waals surface area contributed by atoms with Crippen LogP contribution in [0, 0.1) is 0 Å². The van der Waals surface area contributed by atoms with E-state index >= 15 is 0 Å². The summed E-state index contributed by atoms with van der Waals surface area (Å²) < 4.78 is 5.36. The minimum Gasteiger partial charge on any atom is -0.378 e. The third-order valence-electron chi connectivity index (χ3n) is 4.34. The van der Waals surface area contributed by atoms with Crippen LogP contribution in [-0.4, -0.2) is 38.1 Å². The van der Waals surface area contributed by atoms with Crippen LogP contribution in [0.4, 0.5) is 11.4 Å². The first kappa shape index (κ1) is 15.2. The number of benzene rings is 2. The van der Waals surface area contributed by atoms with Gasteiger partial charge < -0.3 is 9.64 Å². The van der Waals surface area contributed by atoms with Gasteiger partial charge in [-0.2, -0.15) is 0 Å². The summed E-state index contributed by atoms with van der Waals surface area (Å²) in [6.07, 6.45) is 0. The van der Waals surface area contributed by atoms with Crippen LogP contribution in [0.5, 0.6) is 0 Å². The molecule has 0 N–H and O–H groups in total. The Bertz CT molecular complexity index is 796. The van der Waals surface area contributed by atoms with Gasteiger partial charge in [0.1, 0.15) is 0 Å². The predicted octanol–water partition coefficient (Wildman–Crippen LogP) is 2.98. The molecule has 6 heteroatoms. The zero-order valence-corrected chi connectivity index (χ0v) is 13.6. The van der Waals surface area contributed by atoms with Crippen LogP contribution >= 0.6 is 11.6 Å². The van der Waals surface area contributed by atoms with Gasteiger partial charge in [0.2, 0.25) is 0 Å². The number of imide groups is 1. The van der Waals surface area contributed by atoms with Gasteiger partial charge in [0.25, 0.3) is 11.8 Å². The molecule has 24 heavy (non-hydrogen) atoms. The van der Waals surface area contributed by atoms with Crippen molar-refractivity contribution in [3.05, 3.63) is 58.6 Å². The number of nitrogens with zero attached hydrogens (tertiary/aromatic N) is 2. The smallest absolute Gasteiger partial charge is 0.266 e. The number of hydrogen-bond acceptors (Lipinski definition) is 4. The maximum absolute atomic E-state index is 12.7. The third-order valence-corrected chi connectivity index (χ3v) is 4.66. The summed E-state index contributed by atoms with van der Waals surface area (Å²) in [5.74, 6) is -0.673. The molecule has 0 aliphatic carbocycles. The fraction of sp³-hybridized carbons (Fsp3) is 0.222. The lowest BCUT2D eigenvalue weighted by molar-refractivity contribution is 0.0926. The number of rotatable bonds is 2. The normalized spacial score (nSPS) is 17.4. The molecule has 0 bridgehead atoms. The van der Waals surface area contributed by atoms with Gasteiger partial charge in [-0.1, -0.05) is 23.7 Å². The number of fused-ring (bicyclic) bond motifs is 1. The molecule has 2 aromatic rings. The molecule has 0 aromatic heterocycles. The maximum atomic E-state index is 12.7. The van der Waals surface area contributed by atoms with Crippen molar-refractivity contribution in [1.82, 2.24) is 0 Å². The number of morpholine rings is 1. The molecule has 5 nitrogen and oxygen atoms in total. The molecular formula is C18H15ClN2O3. The molecule has 1 fully saturated rings. The molecule has 2 aliphatic heterocycles. The molecular weight excluding hydrogens is 328 g/mol. The van der Waals surface area contributed by atoms with Gasteiger partial charge in [-0.05, 0) is 30.3 Å². The highest BCUT2D eigenvalue weighted by molar-refractivity contribution is 6.39. The van der Waals surface area contributed by atoms with Crippen molar-refractivity contribution in [2.45, 2.75) is 0 Å². The second-order valence-corrected chi connectivity index (χ2v) is 6.13. The van der Waals surface area contributed by atoms with Crippen LogP contribution in [0.3, 0.4) is 0 Å². The zero-order valence-electron chi connectivity index (χ0n) is 12.9. The van der Waals surface area contributed by atoms with Crippen molar-refractivity contribution < 1.29 is 14.3 Å². The summed E-state index contributed by atoms with van der Waals surface area (Å²) in [5, 5.41) is 0.376. The van der Waals surface area contributed by atoms with Crippen LogP contribution in [0.1, 0.15) is 20.7 Å². The van der Waals surface area contributed by atoms with Crippen molar-refractivity contribution in [1.29, 1.82) is 0 Å². The van der Waals surface area contributed by atoms with Gasteiger partial charge >= 0.3 is 0 Å². The summed E-state index contributed by atoms with van der Waals surface area (Å²) in [6.45, 7) is 2.85. The van der Waals surface area contributed by atoms with E-state index in [1.165, 1.54) is 0 Å². The Balaban J connectivity index is 1.74. The number of carbonyl (C=O) groups excluding carboxylic acids is 2. The molecule has 0 radical (unpaired) electrons. The standard InChI is InChI=1S/C18H15ClN2O3/c19-15-6-5-12(20-7-9-24-10-8-20)11-16(15)21-17(22)13-3-1-2-4-14(13)18(21)23/h1-6,11H,7-10H2. The van der Waals surface area contributed by atoms with E-state index in [4.69, 9.17) is 16.3 Å². The summed E-state index contributed by atoms with van der Waals surface area (Å²) in [7, 11) is 0. The predicted molar refractivity (Wildman–Crippen MR) is 92.1 cm³/mol. The molecule has 0 unspecified atom stereocenters. The Hall–Kier alpha value is -2.37. The van der Waals surface area contributed by atoms with E-state index < -0.39 is 0 Å². The number of carbonyl (C=O) groups is 2. The van der Waals surface area contributed by atoms with E-state index in [2.05, 4.69) is 4.90 Å². The monoisotopic (exact) mass is 342 g/mol. The highest BCUT2D eigenvalue weighted by atomic mass is 35.5. The average Bonchev–Trinajstić information content (AvgIpc) is 2.88. The first-order valence-electron chi connectivity index (χ1n) is 7.77. The first-order valence-corrected chi connectivity index (χ1v) is 8.14. The number of ether oxygens (including phenoxy) is 1. The Morgan fingerprint density at radius 3 is 2.17 bits per heavy atom. The van der Waals surface area contributed by atoms with E-state index in [1.807, 2.05) is 6.07 Å². The summed E-state index contributed by atoms with van der Waals surface area (Å²) in [4.78, 5) is 28.6.